The van der Waals surface area contributed by atoms with Gasteiger partial charge in [0.15, 0.2) is 5.17 Å². The molecule has 1 aliphatic rings. The van der Waals surface area contributed by atoms with E-state index in [4.69, 9.17) is 9.47 Å². The second-order valence-electron chi connectivity index (χ2n) is 6.53. The van der Waals surface area contributed by atoms with Crippen LogP contribution in [0.4, 0.5) is 0 Å². The van der Waals surface area contributed by atoms with Crippen molar-refractivity contribution < 1.29 is 14.3 Å². The summed E-state index contributed by atoms with van der Waals surface area (Å²) in [7, 11) is 1.63. The summed E-state index contributed by atoms with van der Waals surface area (Å²) in [6.07, 6.45) is 2.41. The van der Waals surface area contributed by atoms with Gasteiger partial charge in [-0.2, -0.15) is 5.10 Å². The number of carbonyl (C=O) groups is 1. The number of benzene rings is 2. The first-order chi connectivity index (χ1) is 13.5. The van der Waals surface area contributed by atoms with Gasteiger partial charge in [-0.15, -0.1) is 5.10 Å². The van der Waals surface area contributed by atoms with Gasteiger partial charge in [0.25, 0.3) is 0 Å². The molecule has 7 heteroatoms. The van der Waals surface area contributed by atoms with Gasteiger partial charge in [0.05, 0.1) is 24.7 Å². The van der Waals surface area contributed by atoms with Crippen LogP contribution in [0.1, 0.15) is 25.0 Å². The highest BCUT2D eigenvalue weighted by Crippen LogP contribution is 2.24. The van der Waals surface area contributed by atoms with Gasteiger partial charge in [-0.1, -0.05) is 23.9 Å². The van der Waals surface area contributed by atoms with E-state index in [0.717, 1.165) is 22.6 Å². The molecule has 1 amide bonds. The molecule has 0 saturated carbocycles. The van der Waals surface area contributed by atoms with Gasteiger partial charge in [0, 0.05) is 0 Å². The minimum absolute atomic E-state index is 0.0510. The van der Waals surface area contributed by atoms with Crippen molar-refractivity contribution in [2.24, 2.45) is 10.2 Å². The Hall–Kier alpha value is -2.80. The van der Waals surface area contributed by atoms with Gasteiger partial charge < -0.3 is 14.8 Å². The highest BCUT2D eigenvalue weighted by atomic mass is 32.2. The smallest absolute Gasteiger partial charge is 0.239 e. The summed E-state index contributed by atoms with van der Waals surface area (Å²) >= 11 is 1.39. The molecule has 0 aromatic heterocycles. The molecule has 1 atom stereocenters. The summed E-state index contributed by atoms with van der Waals surface area (Å²) in [4.78, 5) is 12.2. The van der Waals surface area contributed by atoms with Crippen LogP contribution in [0.3, 0.4) is 0 Å². The maximum absolute atomic E-state index is 12.2. The average Bonchev–Trinajstić information content (AvgIpc) is 3.02. The minimum atomic E-state index is -0.213. The second kappa shape index (κ2) is 9.41. The molecule has 2 aromatic rings. The van der Waals surface area contributed by atoms with E-state index < -0.39 is 0 Å². The van der Waals surface area contributed by atoms with E-state index in [-0.39, 0.29) is 17.3 Å². The van der Waals surface area contributed by atoms with Crippen molar-refractivity contribution in [3.63, 3.8) is 0 Å². The molecule has 146 valence electrons. The second-order valence-corrected chi connectivity index (χ2v) is 7.72. The topological polar surface area (TPSA) is 72.3 Å². The zero-order valence-corrected chi connectivity index (χ0v) is 16.9. The summed E-state index contributed by atoms with van der Waals surface area (Å²) < 4.78 is 10.8. The van der Waals surface area contributed by atoms with Gasteiger partial charge in [-0.3, -0.25) is 4.79 Å². The molecule has 1 N–H and O–H groups in total. The van der Waals surface area contributed by atoms with E-state index in [9.17, 15) is 4.79 Å². The summed E-state index contributed by atoms with van der Waals surface area (Å²) in [6.45, 7) is 3.97. The average molecular weight is 398 g/mol. The Balaban J connectivity index is 1.56. The highest BCUT2D eigenvalue weighted by molar-refractivity contribution is 8.15. The van der Waals surface area contributed by atoms with E-state index in [0.29, 0.717) is 11.6 Å². The van der Waals surface area contributed by atoms with Gasteiger partial charge >= 0.3 is 0 Å². The van der Waals surface area contributed by atoms with Crippen LogP contribution >= 0.6 is 11.8 Å². The lowest BCUT2D eigenvalue weighted by molar-refractivity contribution is -0.118. The Morgan fingerprint density at radius 2 is 1.79 bits per heavy atom. The first kappa shape index (κ1) is 19.9. The molecule has 0 spiro atoms. The number of amides is 1. The fraction of sp³-hybridized carbons (Fsp3) is 0.286. The fourth-order valence-electron chi connectivity index (χ4n) is 2.61. The number of hydrogen-bond donors (Lipinski definition) is 1. The standard InChI is InChI=1S/C21H23N3O3S/c1-14(2)27-18-10-6-16(7-11-18)13-22-24-21-23-20(25)19(28-21)12-15-4-8-17(26-3)9-5-15/h4-11,13-14,19H,12H2,1-3H3,(H,23,24,25)/b22-13-/t19-/m1/s1. The molecular weight excluding hydrogens is 374 g/mol. The zero-order valence-electron chi connectivity index (χ0n) is 16.1. The molecule has 3 rings (SSSR count). The van der Waals surface area contributed by atoms with Crippen molar-refractivity contribution in [3.8, 4) is 11.5 Å². The van der Waals surface area contributed by atoms with E-state index in [1.165, 1.54) is 11.8 Å². The third-order valence-corrected chi connectivity index (χ3v) is 5.04. The molecule has 1 saturated heterocycles. The molecular formula is C21H23N3O3S. The Morgan fingerprint density at radius 1 is 1.11 bits per heavy atom. The van der Waals surface area contributed by atoms with Crippen molar-refractivity contribution in [1.82, 2.24) is 5.32 Å². The predicted molar refractivity (Wildman–Crippen MR) is 113 cm³/mol. The molecule has 2 aromatic carbocycles. The Kier molecular flexibility index (Phi) is 6.71. The summed E-state index contributed by atoms with van der Waals surface area (Å²) in [5.41, 5.74) is 1.98. The fourth-order valence-corrected chi connectivity index (χ4v) is 3.58. The van der Waals surface area contributed by atoms with Crippen molar-refractivity contribution in [2.45, 2.75) is 31.6 Å². The lowest BCUT2D eigenvalue weighted by atomic mass is 10.1. The van der Waals surface area contributed by atoms with Crippen LogP contribution in [0.2, 0.25) is 0 Å². The number of nitrogens with one attached hydrogen (secondary N) is 1. The normalized spacial score (nSPS) is 18.1. The van der Waals surface area contributed by atoms with Gasteiger partial charge in [0.2, 0.25) is 5.91 Å². The van der Waals surface area contributed by atoms with E-state index >= 15 is 0 Å². The largest absolute Gasteiger partial charge is 0.497 e. The van der Waals surface area contributed by atoms with E-state index in [2.05, 4.69) is 15.5 Å². The quantitative estimate of drug-likeness (QED) is 0.572. The third kappa shape index (κ3) is 5.60. The van der Waals surface area contributed by atoms with Crippen LogP contribution in [-0.4, -0.2) is 35.8 Å². The maximum atomic E-state index is 12.2. The van der Waals surface area contributed by atoms with Crippen LogP contribution < -0.4 is 14.8 Å². The van der Waals surface area contributed by atoms with Crippen LogP contribution in [0.15, 0.2) is 58.7 Å². The number of rotatable bonds is 7. The Morgan fingerprint density at radius 3 is 2.43 bits per heavy atom. The molecule has 1 heterocycles. The maximum Gasteiger partial charge on any atom is 0.239 e. The number of thioether (sulfide) groups is 1. The van der Waals surface area contributed by atoms with Gasteiger partial charge in [-0.25, -0.2) is 0 Å². The predicted octanol–water partition coefficient (Wildman–Crippen LogP) is 3.65. The molecule has 0 bridgehead atoms. The SMILES string of the molecule is COc1ccc(C[C@H]2S/C(=N\N=C/c3ccc(OC(C)C)cc3)NC2=O)cc1. The van der Waals surface area contributed by atoms with Crippen molar-refractivity contribution >= 4 is 29.1 Å². The van der Waals surface area contributed by atoms with Gasteiger partial charge in [-0.05, 0) is 67.8 Å². The summed E-state index contributed by atoms with van der Waals surface area (Å²) in [5, 5.41) is 11.3. The van der Waals surface area contributed by atoms with Crippen LogP contribution in [0.5, 0.6) is 11.5 Å². The molecule has 0 unspecified atom stereocenters. The van der Waals surface area contributed by atoms with Crippen LogP contribution in [0.25, 0.3) is 0 Å². The first-order valence-corrected chi connectivity index (χ1v) is 9.89. The number of amidine groups is 1. The zero-order chi connectivity index (χ0) is 19.9. The van der Waals surface area contributed by atoms with Gasteiger partial charge in [0.1, 0.15) is 11.5 Å². The highest BCUT2D eigenvalue weighted by Gasteiger charge is 2.30. The lowest BCUT2D eigenvalue weighted by Gasteiger charge is -2.08. The Bertz CT molecular complexity index is 861. The van der Waals surface area contributed by atoms with E-state index in [1.807, 2.05) is 62.4 Å². The van der Waals surface area contributed by atoms with Crippen molar-refractivity contribution in [2.75, 3.05) is 7.11 Å². The minimum Gasteiger partial charge on any atom is -0.497 e. The Labute approximate surface area is 169 Å². The molecule has 1 fully saturated rings. The molecule has 0 aliphatic carbocycles. The third-order valence-electron chi connectivity index (χ3n) is 3.96. The first-order valence-electron chi connectivity index (χ1n) is 9.01. The molecule has 1 aliphatic heterocycles. The van der Waals surface area contributed by atoms with Crippen LogP contribution in [0, 0.1) is 0 Å². The lowest BCUT2D eigenvalue weighted by Crippen LogP contribution is -2.25. The van der Waals surface area contributed by atoms with Crippen molar-refractivity contribution in [1.29, 1.82) is 0 Å². The van der Waals surface area contributed by atoms with Crippen molar-refractivity contribution in [3.05, 3.63) is 59.7 Å². The molecule has 6 nitrogen and oxygen atoms in total. The number of carbonyl (C=O) groups excluding carboxylic acids is 1. The molecule has 0 radical (unpaired) electrons. The number of hydrogen-bond acceptors (Lipinski definition) is 6. The monoisotopic (exact) mass is 397 g/mol. The van der Waals surface area contributed by atoms with Crippen LogP contribution in [-0.2, 0) is 11.2 Å². The summed E-state index contributed by atoms with van der Waals surface area (Å²) in [6, 6.07) is 15.3. The van der Waals surface area contributed by atoms with E-state index in [1.54, 1.807) is 13.3 Å². The molecule has 28 heavy (non-hydrogen) atoms. The summed E-state index contributed by atoms with van der Waals surface area (Å²) in [5.74, 6) is 1.57. The number of ether oxygens (including phenoxy) is 2. The number of nitrogens with zero attached hydrogens (tertiary/aromatic N) is 2. The number of methoxy groups -OCH3 is 1.